The van der Waals surface area contributed by atoms with E-state index in [4.69, 9.17) is 9.72 Å². The predicted molar refractivity (Wildman–Crippen MR) is 135 cm³/mol. The molecule has 9 heteroatoms. The fourth-order valence-electron chi connectivity index (χ4n) is 4.57. The first-order chi connectivity index (χ1) is 17.5. The van der Waals surface area contributed by atoms with Crippen molar-refractivity contribution in [2.75, 3.05) is 7.11 Å². The zero-order valence-electron chi connectivity index (χ0n) is 20.3. The normalized spacial score (nSPS) is 13.3. The van der Waals surface area contributed by atoms with Gasteiger partial charge in [0.15, 0.2) is 5.82 Å². The van der Waals surface area contributed by atoms with Crippen LogP contribution in [0.4, 0.5) is 0 Å². The lowest BCUT2D eigenvalue weighted by Gasteiger charge is -2.13. The molecule has 1 aliphatic carbocycles. The number of fused-ring (bicyclic) bond motifs is 1. The average molecular weight is 480 g/mol. The lowest BCUT2D eigenvalue weighted by molar-refractivity contribution is 0.397. The van der Waals surface area contributed by atoms with Crippen molar-refractivity contribution in [3.8, 4) is 23.0 Å². The zero-order chi connectivity index (χ0) is 24.8. The number of rotatable bonds is 6. The second-order valence-electron chi connectivity index (χ2n) is 9.15. The molecule has 6 rings (SSSR count). The van der Waals surface area contributed by atoms with Crippen LogP contribution < -0.4 is 10.3 Å². The molecule has 0 unspecified atom stereocenters. The summed E-state index contributed by atoms with van der Waals surface area (Å²) in [5.74, 6) is 1.26. The number of methoxy groups -OCH3 is 1. The summed E-state index contributed by atoms with van der Waals surface area (Å²) in [6, 6.07) is 13.4. The molecule has 4 heterocycles. The summed E-state index contributed by atoms with van der Waals surface area (Å²) < 4.78 is 9.12. The SMILES string of the molecule is COc1ncnc(C2CC2)c1-c1ncc2ccc(=O)n(Cc3ccc(-n4nc(C)cc4C)cc3)c2n1. The highest BCUT2D eigenvalue weighted by molar-refractivity contribution is 5.78. The highest BCUT2D eigenvalue weighted by Crippen LogP contribution is 2.44. The molecule has 1 fully saturated rings. The van der Waals surface area contributed by atoms with Crippen LogP contribution in [0, 0.1) is 13.8 Å². The van der Waals surface area contributed by atoms with Crippen molar-refractivity contribution in [3.63, 3.8) is 0 Å². The molecule has 4 aromatic heterocycles. The van der Waals surface area contributed by atoms with Crippen LogP contribution >= 0.6 is 0 Å². The maximum Gasteiger partial charge on any atom is 0.252 e. The lowest BCUT2D eigenvalue weighted by atomic mass is 10.1. The van der Waals surface area contributed by atoms with Gasteiger partial charge in [0.25, 0.3) is 5.56 Å². The highest BCUT2D eigenvalue weighted by Gasteiger charge is 2.31. The van der Waals surface area contributed by atoms with E-state index < -0.39 is 0 Å². The molecule has 1 aromatic carbocycles. The van der Waals surface area contributed by atoms with E-state index in [9.17, 15) is 4.79 Å². The maximum absolute atomic E-state index is 13.0. The number of nitrogens with zero attached hydrogens (tertiary/aromatic N) is 7. The fourth-order valence-corrected chi connectivity index (χ4v) is 4.57. The highest BCUT2D eigenvalue weighted by atomic mass is 16.5. The van der Waals surface area contributed by atoms with Crippen LogP contribution in [0.15, 0.2) is 59.8 Å². The first-order valence-electron chi connectivity index (χ1n) is 11.9. The van der Waals surface area contributed by atoms with Gasteiger partial charge in [-0.05, 0) is 56.5 Å². The van der Waals surface area contributed by atoms with Crippen molar-refractivity contribution in [1.82, 2.24) is 34.3 Å². The quantitative estimate of drug-likeness (QED) is 0.363. The Kier molecular flexibility index (Phi) is 5.32. The van der Waals surface area contributed by atoms with Gasteiger partial charge in [0, 0.05) is 29.3 Å². The van der Waals surface area contributed by atoms with Crippen LogP contribution in [0.3, 0.4) is 0 Å². The van der Waals surface area contributed by atoms with E-state index in [0.29, 0.717) is 35.4 Å². The van der Waals surface area contributed by atoms with Gasteiger partial charge >= 0.3 is 0 Å². The maximum atomic E-state index is 13.0. The van der Waals surface area contributed by atoms with Crippen LogP contribution in [0.1, 0.15) is 41.4 Å². The molecule has 5 aromatic rings. The molecule has 9 nitrogen and oxygen atoms in total. The van der Waals surface area contributed by atoms with Gasteiger partial charge in [-0.1, -0.05) is 12.1 Å². The zero-order valence-corrected chi connectivity index (χ0v) is 20.3. The summed E-state index contributed by atoms with van der Waals surface area (Å²) in [7, 11) is 1.58. The minimum atomic E-state index is -0.131. The number of benzene rings is 1. The van der Waals surface area contributed by atoms with Crippen molar-refractivity contribution >= 4 is 11.0 Å². The van der Waals surface area contributed by atoms with E-state index in [0.717, 1.165) is 46.6 Å². The van der Waals surface area contributed by atoms with Gasteiger partial charge in [-0.25, -0.2) is 24.6 Å². The fraction of sp³-hybridized carbons (Fsp3) is 0.259. The standard InChI is InChI=1S/C27H25N7O2/c1-16-12-17(2)34(32-16)21-9-4-18(5-10-21)14-33-22(35)11-8-20-13-28-25(31-26(20)33)23-24(19-6-7-19)29-15-30-27(23)36-3/h4-5,8-13,15,19H,6-7,14H2,1-3H3. The number of ether oxygens (including phenoxy) is 1. The van der Waals surface area contributed by atoms with Gasteiger partial charge in [0.05, 0.1) is 30.7 Å². The summed E-state index contributed by atoms with van der Waals surface area (Å²) >= 11 is 0. The molecule has 0 saturated heterocycles. The molecule has 1 aliphatic rings. The predicted octanol–water partition coefficient (Wildman–Crippen LogP) is 3.99. The van der Waals surface area contributed by atoms with Crippen LogP contribution in [0.25, 0.3) is 28.1 Å². The second-order valence-corrected chi connectivity index (χ2v) is 9.15. The Balaban J connectivity index is 1.41. The summed E-state index contributed by atoms with van der Waals surface area (Å²) in [5.41, 5.74) is 6.01. The first-order valence-corrected chi connectivity index (χ1v) is 11.9. The summed E-state index contributed by atoms with van der Waals surface area (Å²) in [6.07, 6.45) is 5.39. The summed E-state index contributed by atoms with van der Waals surface area (Å²) in [5, 5.41) is 5.33. The first kappa shape index (κ1) is 22.1. The number of aryl methyl sites for hydroxylation is 2. The third-order valence-corrected chi connectivity index (χ3v) is 6.48. The van der Waals surface area contributed by atoms with Gasteiger partial charge in [-0.15, -0.1) is 0 Å². The molecule has 0 bridgehead atoms. The van der Waals surface area contributed by atoms with E-state index in [-0.39, 0.29) is 5.56 Å². The van der Waals surface area contributed by atoms with Crippen molar-refractivity contribution < 1.29 is 4.74 Å². The second kappa shape index (κ2) is 8.67. The van der Waals surface area contributed by atoms with Crippen LogP contribution in [0.5, 0.6) is 5.88 Å². The summed E-state index contributed by atoms with van der Waals surface area (Å²) in [4.78, 5) is 31.2. The molecule has 1 saturated carbocycles. The van der Waals surface area contributed by atoms with Crippen LogP contribution in [-0.2, 0) is 6.54 Å². The average Bonchev–Trinajstić information content (AvgIpc) is 3.69. The van der Waals surface area contributed by atoms with Gasteiger partial charge < -0.3 is 4.74 Å². The smallest absolute Gasteiger partial charge is 0.252 e. The minimum absolute atomic E-state index is 0.131. The lowest BCUT2D eigenvalue weighted by Crippen LogP contribution is -2.21. The van der Waals surface area contributed by atoms with E-state index in [2.05, 4.69) is 20.1 Å². The topological polar surface area (TPSA) is 101 Å². The Labute approximate surface area is 207 Å². The molecule has 0 radical (unpaired) electrons. The van der Waals surface area contributed by atoms with Crippen molar-refractivity contribution in [1.29, 1.82) is 0 Å². The third kappa shape index (κ3) is 3.92. The number of hydrogen-bond donors (Lipinski definition) is 0. The molecular formula is C27H25N7O2. The van der Waals surface area contributed by atoms with E-state index in [1.54, 1.807) is 30.0 Å². The van der Waals surface area contributed by atoms with Crippen LogP contribution in [0.2, 0.25) is 0 Å². The molecule has 0 atom stereocenters. The minimum Gasteiger partial charge on any atom is -0.480 e. The van der Waals surface area contributed by atoms with Crippen LogP contribution in [-0.4, -0.2) is 41.4 Å². The van der Waals surface area contributed by atoms with E-state index >= 15 is 0 Å². The number of hydrogen-bond acceptors (Lipinski definition) is 7. The molecule has 0 aliphatic heterocycles. The third-order valence-electron chi connectivity index (χ3n) is 6.48. The van der Waals surface area contributed by atoms with Gasteiger partial charge in [-0.3, -0.25) is 9.36 Å². The number of aromatic nitrogens is 7. The van der Waals surface area contributed by atoms with E-state index in [1.807, 2.05) is 48.9 Å². The van der Waals surface area contributed by atoms with Gasteiger partial charge in [0.2, 0.25) is 5.88 Å². The molecule has 36 heavy (non-hydrogen) atoms. The Morgan fingerprint density at radius 1 is 1.03 bits per heavy atom. The largest absolute Gasteiger partial charge is 0.480 e. The Hall–Kier alpha value is -4.40. The van der Waals surface area contributed by atoms with Gasteiger partial charge in [0.1, 0.15) is 17.5 Å². The van der Waals surface area contributed by atoms with Crippen molar-refractivity contribution in [2.24, 2.45) is 0 Å². The van der Waals surface area contributed by atoms with Gasteiger partial charge in [-0.2, -0.15) is 5.10 Å². The molecule has 0 N–H and O–H groups in total. The van der Waals surface area contributed by atoms with Crippen molar-refractivity contribution in [3.05, 3.63) is 88.0 Å². The monoisotopic (exact) mass is 479 g/mol. The number of pyridine rings is 1. The molecule has 0 spiro atoms. The van der Waals surface area contributed by atoms with Crippen molar-refractivity contribution in [2.45, 2.75) is 39.2 Å². The molecule has 0 amide bonds. The summed E-state index contributed by atoms with van der Waals surface area (Å²) in [6.45, 7) is 4.38. The van der Waals surface area contributed by atoms with E-state index in [1.165, 1.54) is 6.33 Å². The molecular weight excluding hydrogens is 454 g/mol. The molecule has 180 valence electrons. The Morgan fingerprint density at radius 2 is 1.83 bits per heavy atom. The Bertz CT molecular complexity index is 1650. The Morgan fingerprint density at radius 3 is 2.53 bits per heavy atom.